The predicted octanol–water partition coefficient (Wildman–Crippen LogP) is 0.168. The maximum absolute atomic E-state index is 12.7. The van der Waals surface area contributed by atoms with E-state index in [1.165, 1.54) is 0 Å². The number of carboxylic acid groups (broad SMARTS) is 1. The number of hydrogen-bond acceptors (Lipinski definition) is 5. The Hall–Kier alpha value is -2.45. The zero-order valence-corrected chi connectivity index (χ0v) is 14.7. The molecule has 2 aliphatic heterocycles. The number of carbonyl (C=O) groups excluding carboxylic acids is 1. The van der Waals surface area contributed by atoms with E-state index in [9.17, 15) is 9.59 Å². The summed E-state index contributed by atoms with van der Waals surface area (Å²) in [5.74, 6) is -0.823. The smallest absolute Gasteiger partial charge is 0.317 e. The van der Waals surface area contributed by atoms with Gasteiger partial charge in [-0.25, -0.2) is 0 Å². The SMILES string of the molecule is N=C(N)c1ccccc1N1CCN(C2CCN(CC(=O)O)CC2)CC1=O. The average Bonchev–Trinajstić information content (AvgIpc) is 2.62. The number of carboxylic acids is 1. The van der Waals surface area contributed by atoms with Crippen molar-refractivity contribution in [2.45, 2.75) is 18.9 Å². The highest BCUT2D eigenvalue weighted by molar-refractivity contribution is 6.05. The van der Waals surface area contributed by atoms with Gasteiger partial charge in [0.15, 0.2) is 0 Å². The zero-order valence-electron chi connectivity index (χ0n) is 14.7. The van der Waals surface area contributed by atoms with Gasteiger partial charge in [-0.2, -0.15) is 0 Å². The number of piperidine rings is 1. The third-order valence-electron chi connectivity index (χ3n) is 5.17. The summed E-state index contributed by atoms with van der Waals surface area (Å²) in [6, 6.07) is 7.56. The molecular weight excluding hydrogens is 334 g/mol. The molecule has 1 amide bonds. The zero-order chi connectivity index (χ0) is 18.7. The Bertz CT molecular complexity index is 700. The molecule has 0 atom stereocenters. The standard InChI is InChI=1S/C18H25N5O3/c19-18(20)14-3-1-2-4-15(14)23-10-9-22(11-16(23)24)13-5-7-21(8-6-13)12-17(25)26/h1-4,13H,5-12H2,(H3,19,20)(H,25,26). The largest absolute Gasteiger partial charge is 0.480 e. The number of amidine groups is 1. The normalized spacial score (nSPS) is 20.3. The van der Waals surface area contributed by atoms with Crippen molar-refractivity contribution in [1.29, 1.82) is 5.41 Å². The molecule has 26 heavy (non-hydrogen) atoms. The van der Waals surface area contributed by atoms with E-state index in [1.54, 1.807) is 11.0 Å². The number of carbonyl (C=O) groups is 2. The number of piperazine rings is 1. The molecule has 2 saturated heterocycles. The fourth-order valence-electron chi connectivity index (χ4n) is 3.83. The minimum absolute atomic E-state index is 0.0120. The molecule has 0 unspecified atom stereocenters. The van der Waals surface area contributed by atoms with Gasteiger partial charge in [-0.1, -0.05) is 12.1 Å². The third kappa shape index (κ3) is 4.03. The second kappa shape index (κ2) is 7.84. The number of hydrogen-bond donors (Lipinski definition) is 3. The number of likely N-dealkylation sites (tertiary alicyclic amines) is 1. The molecular formula is C18H25N5O3. The number of rotatable bonds is 5. The lowest BCUT2D eigenvalue weighted by Crippen LogP contribution is -2.56. The summed E-state index contributed by atoms with van der Waals surface area (Å²) in [6.45, 7) is 3.26. The van der Waals surface area contributed by atoms with Gasteiger partial charge in [0.25, 0.3) is 0 Å². The van der Waals surface area contributed by atoms with Gasteiger partial charge < -0.3 is 15.7 Å². The number of para-hydroxylation sites is 1. The van der Waals surface area contributed by atoms with Gasteiger partial charge >= 0.3 is 5.97 Å². The summed E-state index contributed by atoms with van der Waals surface area (Å²) >= 11 is 0. The molecule has 0 spiro atoms. The molecule has 2 fully saturated rings. The van der Waals surface area contributed by atoms with Crippen molar-refractivity contribution in [1.82, 2.24) is 9.80 Å². The molecule has 2 aliphatic rings. The monoisotopic (exact) mass is 359 g/mol. The van der Waals surface area contributed by atoms with E-state index in [2.05, 4.69) is 4.90 Å². The van der Waals surface area contributed by atoms with Crippen LogP contribution in [0.1, 0.15) is 18.4 Å². The Morgan fingerprint density at radius 1 is 1.19 bits per heavy atom. The minimum Gasteiger partial charge on any atom is -0.480 e. The van der Waals surface area contributed by atoms with Gasteiger partial charge in [-0.15, -0.1) is 0 Å². The van der Waals surface area contributed by atoms with Crippen molar-refractivity contribution < 1.29 is 14.7 Å². The Kier molecular flexibility index (Phi) is 5.53. The van der Waals surface area contributed by atoms with Crippen molar-refractivity contribution in [3.63, 3.8) is 0 Å². The van der Waals surface area contributed by atoms with E-state index in [1.807, 2.05) is 23.1 Å². The Morgan fingerprint density at radius 2 is 1.88 bits per heavy atom. The minimum atomic E-state index is -0.795. The first-order valence-corrected chi connectivity index (χ1v) is 8.87. The number of benzene rings is 1. The number of anilines is 1. The van der Waals surface area contributed by atoms with Gasteiger partial charge in [0, 0.05) is 37.8 Å². The van der Waals surface area contributed by atoms with Crippen LogP contribution in [0.15, 0.2) is 24.3 Å². The van der Waals surface area contributed by atoms with Gasteiger partial charge in [-0.05, 0) is 25.0 Å². The van der Waals surface area contributed by atoms with Crippen molar-refractivity contribution >= 4 is 23.4 Å². The molecule has 4 N–H and O–H groups in total. The lowest BCUT2D eigenvalue weighted by atomic mass is 10.0. The van der Waals surface area contributed by atoms with E-state index >= 15 is 0 Å². The van der Waals surface area contributed by atoms with Crippen LogP contribution in [0, 0.1) is 5.41 Å². The lowest BCUT2D eigenvalue weighted by molar-refractivity contribution is -0.138. The summed E-state index contributed by atoms with van der Waals surface area (Å²) in [7, 11) is 0. The number of nitrogens with zero attached hydrogens (tertiary/aromatic N) is 3. The first kappa shape index (κ1) is 18.3. The summed E-state index contributed by atoms with van der Waals surface area (Å²) < 4.78 is 0. The number of nitrogens with two attached hydrogens (primary N) is 1. The molecule has 140 valence electrons. The average molecular weight is 359 g/mol. The van der Waals surface area contributed by atoms with Crippen LogP contribution in [0.3, 0.4) is 0 Å². The molecule has 0 saturated carbocycles. The van der Waals surface area contributed by atoms with E-state index in [0.29, 0.717) is 30.4 Å². The Labute approximate surface area is 152 Å². The van der Waals surface area contributed by atoms with Crippen molar-refractivity contribution in [2.24, 2.45) is 5.73 Å². The van der Waals surface area contributed by atoms with Crippen molar-refractivity contribution in [2.75, 3.05) is 44.2 Å². The first-order valence-electron chi connectivity index (χ1n) is 8.87. The van der Waals surface area contributed by atoms with Crippen LogP contribution in [-0.2, 0) is 9.59 Å². The van der Waals surface area contributed by atoms with E-state index in [0.717, 1.165) is 32.5 Å². The topological polar surface area (TPSA) is 114 Å². The van der Waals surface area contributed by atoms with Crippen LogP contribution >= 0.6 is 0 Å². The Balaban J connectivity index is 1.61. The molecule has 1 aromatic carbocycles. The molecule has 0 aromatic heterocycles. The molecule has 3 rings (SSSR count). The highest BCUT2D eigenvalue weighted by Crippen LogP contribution is 2.24. The number of nitrogen functional groups attached to an aromatic ring is 1. The van der Waals surface area contributed by atoms with Gasteiger partial charge in [-0.3, -0.25) is 24.8 Å². The summed E-state index contributed by atoms with van der Waals surface area (Å²) in [4.78, 5) is 29.4. The van der Waals surface area contributed by atoms with Crippen LogP contribution < -0.4 is 10.6 Å². The molecule has 8 nitrogen and oxygen atoms in total. The predicted molar refractivity (Wildman–Crippen MR) is 98.5 cm³/mol. The molecule has 1 aromatic rings. The van der Waals surface area contributed by atoms with E-state index in [4.69, 9.17) is 16.2 Å². The molecule has 0 aliphatic carbocycles. The first-order chi connectivity index (χ1) is 12.5. The molecule has 0 bridgehead atoms. The fraction of sp³-hybridized carbons (Fsp3) is 0.500. The van der Waals surface area contributed by atoms with Gasteiger partial charge in [0.2, 0.25) is 5.91 Å². The van der Waals surface area contributed by atoms with Crippen LogP contribution in [-0.4, -0.2) is 77.9 Å². The van der Waals surface area contributed by atoms with Gasteiger partial charge in [0.1, 0.15) is 5.84 Å². The summed E-state index contributed by atoms with van der Waals surface area (Å²) in [5, 5.41) is 16.6. The third-order valence-corrected chi connectivity index (χ3v) is 5.17. The second-order valence-electron chi connectivity index (χ2n) is 6.85. The fourth-order valence-corrected chi connectivity index (χ4v) is 3.83. The molecule has 0 radical (unpaired) electrons. The van der Waals surface area contributed by atoms with Crippen LogP contribution in [0.2, 0.25) is 0 Å². The summed E-state index contributed by atoms with van der Waals surface area (Å²) in [6.07, 6.45) is 1.76. The van der Waals surface area contributed by atoms with Crippen molar-refractivity contribution in [3.8, 4) is 0 Å². The van der Waals surface area contributed by atoms with Crippen LogP contribution in [0.4, 0.5) is 5.69 Å². The molecule has 2 heterocycles. The molecule has 8 heteroatoms. The Morgan fingerprint density at radius 3 is 2.50 bits per heavy atom. The maximum Gasteiger partial charge on any atom is 0.317 e. The highest BCUT2D eigenvalue weighted by atomic mass is 16.4. The van der Waals surface area contributed by atoms with E-state index < -0.39 is 5.97 Å². The van der Waals surface area contributed by atoms with Crippen LogP contribution in [0.25, 0.3) is 0 Å². The maximum atomic E-state index is 12.7. The quantitative estimate of drug-likeness (QED) is 0.510. The number of aliphatic carboxylic acids is 1. The van der Waals surface area contributed by atoms with Gasteiger partial charge in [0.05, 0.1) is 18.8 Å². The summed E-state index contributed by atoms with van der Waals surface area (Å²) in [5.41, 5.74) is 6.92. The second-order valence-corrected chi connectivity index (χ2v) is 6.85. The number of amides is 1. The number of nitrogens with one attached hydrogen (secondary N) is 1. The lowest BCUT2D eigenvalue weighted by Gasteiger charge is -2.42. The van der Waals surface area contributed by atoms with E-state index in [-0.39, 0.29) is 18.3 Å². The van der Waals surface area contributed by atoms with Crippen LogP contribution in [0.5, 0.6) is 0 Å². The highest BCUT2D eigenvalue weighted by Gasteiger charge is 2.32. The van der Waals surface area contributed by atoms with Crippen molar-refractivity contribution in [3.05, 3.63) is 29.8 Å².